The third-order valence-electron chi connectivity index (χ3n) is 3.48. The second kappa shape index (κ2) is 6.50. The maximum atomic E-state index is 5.70. The van der Waals surface area contributed by atoms with Crippen molar-refractivity contribution in [1.29, 1.82) is 0 Å². The first-order chi connectivity index (χ1) is 10.4. The molecule has 4 heteroatoms. The molecule has 0 bridgehead atoms. The van der Waals surface area contributed by atoms with Gasteiger partial charge in [-0.3, -0.25) is 0 Å². The molecule has 110 valence electrons. The highest BCUT2D eigenvalue weighted by Gasteiger charge is 2.22. The molecule has 1 aliphatic heterocycles. The molecular formula is C17H19NO3. The van der Waals surface area contributed by atoms with Crippen LogP contribution >= 0.6 is 0 Å². The lowest BCUT2D eigenvalue weighted by Crippen LogP contribution is -2.17. The molecule has 1 atom stereocenters. The molecule has 0 saturated carbocycles. The van der Waals surface area contributed by atoms with Gasteiger partial charge in [-0.25, -0.2) is 0 Å². The van der Waals surface area contributed by atoms with Gasteiger partial charge in [-0.05, 0) is 31.3 Å². The second-order valence-corrected chi connectivity index (χ2v) is 4.86. The molecule has 2 aromatic rings. The van der Waals surface area contributed by atoms with E-state index in [4.69, 9.17) is 14.2 Å². The summed E-state index contributed by atoms with van der Waals surface area (Å²) < 4.78 is 16.9. The van der Waals surface area contributed by atoms with Gasteiger partial charge in [0.05, 0.1) is 6.04 Å². The molecule has 4 nitrogen and oxygen atoms in total. The van der Waals surface area contributed by atoms with Crippen molar-refractivity contribution in [3.63, 3.8) is 0 Å². The number of ether oxygens (including phenoxy) is 3. The van der Waals surface area contributed by atoms with Crippen LogP contribution in [0.2, 0.25) is 0 Å². The monoisotopic (exact) mass is 285 g/mol. The van der Waals surface area contributed by atoms with Gasteiger partial charge in [-0.1, -0.05) is 18.2 Å². The fourth-order valence-corrected chi connectivity index (χ4v) is 2.35. The molecule has 0 radical (unpaired) electrons. The first-order valence-corrected chi connectivity index (χ1v) is 7.11. The Balaban J connectivity index is 1.50. The largest absolute Gasteiger partial charge is 0.491 e. The zero-order chi connectivity index (χ0) is 14.5. The van der Waals surface area contributed by atoms with E-state index in [2.05, 4.69) is 11.4 Å². The van der Waals surface area contributed by atoms with Crippen LogP contribution in [0.15, 0.2) is 48.5 Å². The summed E-state index contributed by atoms with van der Waals surface area (Å²) in [7, 11) is 1.94. The molecule has 0 amide bonds. The molecule has 0 aromatic heterocycles. The summed E-state index contributed by atoms with van der Waals surface area (Å²) in [5, 5.41) is 3.22. The van der Waals surface area contributed by atoms with Crippen molar-refractivity contribution >= 4 is 0 Å². The van der Waals surface area contributed by atoms with Crippen LogP contribution in [0.3, 0.4) is 0 Å². The molecule has 0 fully saturated rings. The van der Waals surface area contributed by atoms with Crippen molar-refractivity contribution in [3.05, 3.63) is 54.1 Å². The molecular weight excluding hydrogens is 266 g/mol. The van der Waals surface area contributed by atoms with Crippen molar-refractivity contribution in [2.24, 2.45) is 0 Å². The summed E-state index contributed by atoms with van der Waals surface area (Å²) in [5.41, 5.74) is 1.19. The van der Waals surface area contributed by atoms with E-state index >= 15 is 0 Å². The lowest BCUT2D eigenvalue weighted by Gasteiger charge is -2.10. The fraction of sp³-hybridized carbons (Fsp3) is 0.294. The molecule has 1 heterocycles. The SMILES string of the molecule is CNC1COc2cc(OCCOc3ccccc3)ccc21. The first-order valence-electron chi connectivity index (χ1n) is 7.11. The number of hydrogen-bond acceptors (Lipinski definition) is 4. The first kappa shape index (κ1) is 13.8. The summed E-state index contributed by atoms with van der Waals surface area (Å²) >= 11 is 0. The van der Waals surface area contributed by atoms with Gasteiger partial charge in [-0.2, -0.15) is 0 Å². The Hall–Kier alpha value is -2.20. The maximum absolute atomic E-state index is 5.70. The predicted molar refractivity (Wildman–Crippen MR) is 81.2 cm³/mol. The average molecular weight is 285 g/mol. The van der Waals surface area contributed by atoms with E-state index in [1.807, 2.05) is 49.5 Å². The van der Waals surface area contributed by atoms with E-state index in [1.165, 1.54) is 5.56 Å². The number of hydrogen-bond donors (Lipinski definition) is 1. The normalized spacial score (nSPS) is 16.1. The number of benzene rings is 2. The molecule has 1 unspecified atom stereocenters. The van der Waals surface area contributed by atoms with Crippen LogP contribution in [-0.2, 0) is 0 Å². The minimum atomic E-state index is 0.274. The van der Waals surface area contributed by atoms with Gasteiger partial charge in [-0.15, -0.1) is 0 Å². The van der Waals surface area contributed by atoms with E-state index in [1.54, 1.807) is 0 Å². The summed E-state index contributed by atoms with van der Waals surface area (Å²) in [6, 6.07) is 16.0. The fourth-order valence-electron chi connectivity index (χ4n) is 2.35. The van der Waals surface area contributed by atoms with Crippen LogP contribution in [0, 0.1) is 0 Å². The van der Waals surface area contributed by atoms with Crippen molar-refractivity contribution in [2.75, 3.05) is 26.9 Å². The number of likely N-dealkylation sites (N-methyl/N-ethyl adjacent to an activating group) is 1. The van der Waals surface area contributed by atoms with Gasteiger partial charge < -0.3 is 19.5 Å². The molecule has 1 N–H and O–H groups in total. The molecule has 3 rings (SSSR count). The topological polar surface area (TPSA) is 39.7 Å². The maximum Gasteiger partial charge on any atom is 0.127 e. The van der Waals surface area contributed by atoms with Crippen LogP contribution in [0.25, 0.3) is 0 Å². The van der Waals surface area contributed by atoms with Crippen molar-refractivity contribution in [3.8, 4) is 17.2 Å². The Morgan fingerprint density at radius 3 is 2.57 bits per heavy atom. The van der Waals surface area contributed by atoms with Gasteiger partial charge in [0, 0.05) is 11.6 Å². The second-order valence-electron chi connectivity index (χ2n) is 4.86. The third-order valence-corrected chi connectivity index (χ3v) is 3.48. The highest BCUT2D eigenvalue weighted by atomic mass is 16.5. The zero-order valence-electron chi connectivity index (χ0n) is 12.0. The number of para-hydroxylation sites is 1. The zero-order valence-corrected chi connectivity index (χ0v) is 12.0. The standard InChI is InChI=1S/C17H19NO3/c1-18-16-12-21-17-11-14(7-8-15(16)17)20-10-9-19-13-5-3-2-4-6-13/h2-8,11,16,18H,9-10,12H2,1H3. The highest BCUT2D eigenvalue weighted by molar-refractivity contribution is 5.44. The van der Waals surface area contributed by atoms with Crippen molar-refractivity contribution in [2.45, 2.75) is 6.04 Å². The highest BCUT2D eigenvalue weighted by Crippen LogP contribution is 2.34. The lowest BCUT2D eigenvalue weighted by atomic mass is 10.1. The average Bonchev–Trinajstić information content (AvgIpc) is 2.95. The van der Waals surface area contributed by atoms with E-state index in [-0.39, 0.29) is 6.04 Å². The lowest BCUT2D eigenvalue weighted by molar-refractivity contribution is 0.216. The Bertz CT molecular complexity index is 586. The molecule has 2 aromatic carbocycles. The van der Waals surface area contributed by atoms with Gasteiger partial charge >= 0.3 is 0 Å². The third kappa shape index (κ3) is 3.28. The molecule has 1 aliphatic rings. The molecule has 0 saturated heterocycles. The van der Waals surface area contributed by atoms with Crippen molar-refractivity contribution in [1.82, 2.24) is 5.32 Å². The van der Waals surface area contributed by atoms with Gasteiger partial charge in [0.2, 0.25) is 0 Å². The van der Waals surface area contributed by atoms with Crippen LogP contribution in [0.4, 0.5) is 0 Å². The number of rotatable bonds is 6. The van der Waals surface area contributed by atoms with E-state index in [0.29, 0.717) is 19.8 Å². The van der Waals surface area contributed by atoms with Gasteiger partial charge in [0.1, 0.15) is 37.1 Å². The minimum Gasteiger partial charge on any atom is -0.491 e. The van der Waals surface area contributed by atoms with Crippen LogP contribution in [-0.4, -0.2) is 26.9 Å². The van der Waals surface area contributed by atoms with Crippen LogP contribution in [0.1, 0.15) is 11.6 Å². The summed E-state index contributed by atoms with van der Waals surface area (Å²) in [6.07, 6.45) is 0. The number of fused-ring (bicyclic) bond motifs is 1. The smallest absolute Gasteiger partial charge is 0.127 e. The van der Waals surface area contributed by atoms with Gasteiger partial charge in [0.25, 0.3) is 0 Å². The van der Waals surface area contributed by atoms with Gasteiger partial charge in [0.15, 0.2) is 0 Å². The quantitative estimate of drug-likeness (QED) is 0.829. The Labute approximate surface area is 124 Å². The van der Waals surface area contributed by atoms with Crippen molar-refractivity contribution < 1.29 is 14.2 Å². The number of nitrogens with one attached hydrogen (secondary N) is 1. The summed E-state index contributed by atoms with van der Waals surface area (Å²) in [6.45, 7) is 1.69. The Kier molecular flexibility index (Phi) is 4.26. The summed E-state index contributed by atoms with van der Waals surface area (Å²) in [4.78, 5) is 0. The summed E-state index contributed by atoms with van der Waals surface area (Å²) in [5.74, 6) is 2.56. The van der Waals surface area contributed by atoms with E-state index in [9.17, 15) is 0 Å². The molecule has 0 spiro atoms. The molecule has 0 aliphatic carbocycles. The van der Waals surface area contributed by atoms with E-state index in [0.717, 1.165) is 17.2 Å². The minimum absolute atomic E-state index is 0.274. The van der Waals surface area contributed by atoms with Crippen LogP contribution in [0.5, 0.6) is 17.2 Å². The Morgan fingerprint density at radius 1 is 1.05 bits per heavy atom. The van der Waals surface area contributed by atoms with Crippen LogP contribution < -0.4 is 19.5 Å². The Morgan fingerprint density at radius 2 is 1.81 bits per heavy atom. The predicted octanol–water partition coefficient (Wildman–Crippen LogP) is 2.80. The van der Waals surface area contributed by atoms with E-state index < -0.39 is 0 Å². The molecule has 21 heavy (non-hydrogen) atoms.